The maximum atomic E-state index is 12.7. The molecule has 3 rings (SSSR count). The van der Waals surface area contributed by atoms with E-state index in [1.165, 1.54) is 23.5 Å². The van der Waals surface area contributed by atoms with Crippen LogP contribution in [0.1, 0.15) is 32.5 Å². The molecule has 0 spiro atoms. The molecule has 0 radical (unpaired) electrons. The Bertz CT molecular complexity index is 1080. The second-order valence-electron chi connectivity index (χ2n) is 6.68. The second kappa shape index (κ2) is 9.65. The van der Waals surface area contributed by atoms with Crippen molar-refractivity contribution in [3.63, 3.8) is 0 Å². The van der Waals surface area contributed by atoms with E-state index in [0.29, 0.717) is 34.1 Å². The maximum Gasteiger partial charge on any atom is 0.387 e. The van der Waals surface area contributed by atoms with E-state index in [-0.39, 0.29) is 17.6 Å². The van der Waals surface area contributed by atoms with Gasteiger partial charge in [0.1, 0.15) is 5.75 Å². The molecule has 1 heterocycles. The number of alkyl halides is 2. The third-order valence-electron chi connectivity index (χ3n) is 4.56. The molecular weight excluding hydrogens is 424 g/mol. The van der Waals surface area contributed by atoms with E-state index in [2.05, 4.69) is 15.0 Å². The summed E-state index contributed by atoms with van der Waals surface area (Å²) < 4.78 is 29.0. The highest BCUT2D eigenvalue weighted by atomic mass is 32.1. The number of rotatable bonds is 7. The Hall–Kier alpha value is -3.33. The van der Waals surface area contributed by atoms with Gasteiger partial charge in [0, 0.05) is 35.2 Å². The van der Waals surface area contributed by atoms with Crippen molar-refractivity contribution in [2.75, 3.05) is 18.9 Å². The van der Waals surface area contributed by atoms with Crippen LogP contribution in [-0.2, 0) is 0 Å². The summed E-state index contributed by atoms with van der Waals surface area (Å²) in [5.74, 6) is -0.484. The van der Waals surface area contributed by atoms with E-state index in [1.807, 2.05) is 13.8 Å². The molecule has 0 aliphatic heterocycles. The molecule has 0 unspecified atom stereocenters. The Kier molecular flexibility index (Phi) is 6.96. The summed E-state index contributed by atoms with van der Waals surface area (Å²) in [4.78, 5) is 31.9. The SMILES string of the molecule is CCN(C)C(=O)c1cccc(C(=O)Nc2nc(-c3ccc(OC(F)F)cc3)c(C)s2)c1. The first-order valence-electron chi connectivity index (χ1n) is 9.48. The smallest absolute Gasteiger partial charge is 0.387 e. The molecule has 9 heteroatoms. The van der Waals surface area contributed by atoms with E-state index in [0.717, 1.165) is 4.88 Å². The normalized spacial score (nSPS) is 10.8. The molecule has 162 valence electrons. The van der Waals surface area contributed by atoms with Crippen molar-refractivity contribution in [1.29, 1.82) is 0 Å². The number of thiazole rings is 1. The average Bonchev–Trinajstić information content (AvgIpc) is 3.12. The Morgan fingerprint density at radius 2 is 1.84 bits per heavy atom. The van der Waals surface area contributed by atoms with Crippen molar-refractivity contribution < 1.29 is 23.1 Å². The minimum absolute atomic E-state index is 0.0586. The average molecular weight is 445 g/mol. The van der Waals surface area contributed by atoms with Gasteiger partial charge in [0.2, 0.25) is 0 Å². The first-order valence-corrected chi connectivity index (χ1v) is 10.3. The molecule has 3 aromatic rings. The third kappa shape index (κ3) is 5.43. The second-order valence-corrected chi connectivity index (χ2v) is 7.88. The number of benzene rings is 2. The lowest BCUT2D eigenvalue weighted by Crippen LogP contribution is -2.26. The van der Waals surface area contributed by atoms with Crippen molar-refractivity contribution in [1.82, 2.24) is 9.88 Å². The zero-order chi connectivity index (χ0) is 22.5. The summed E-state index contributed by atoms with van der Waals surface area (Å²) in [6.45, 7) is 1.40. The number of anilines is 1. The Balaban J connectivity index is 1.76. The molecule has 31 heavy (non-hydrogen) atoms. The molecule has 0 fully saturated rings. The summed E-state index contributed by atoms with van der Waals surface area (Å²) in [6, 6.07) is 12.6. The van der Waals surface area contributed by atoms with Gasteiger partial charge in [-0.2, -0.15) is 8.78 Å². The van der Waals surface area contributed by atoms with E-state index in [9.17, 15) is 18.4 Å². The summed E-state index contributed by atoms with van der Waals surface area (Å²) in [7, 11) is 1.70. The van der Waals surface area contributed by atoms with E-state index < -0.39 is 6.61 Å². The van der Waals surface area contributed by atoms with Gasteiger partial charge in [-0.15, -0.1) is 11.3 Å². The largest absolute Gasteiger partial charge is 0.435 e. The van der Waals surface area contributed by atoms with Gasteiger partial charge in [0.15, 0.2) is 5.13 Å². The quantitative estimate of drug-likeness (QED) is 0.552. The van der Waals surface area contributed by atoms with Crippen molar-refractivity contribution in [3.05, 3.63) is 64.5 Å². The number of aromatic nitrogens is 1. The summed E-state index contributed by atoms with van der Waals surface area (Å²) in [5.41, 5.74) is 2.13. The molecule has 0 saturated heterocycles. The van der Waals surface area contributed by atoms with Crippen molar-refractivity contribution in [2.24, 2.45) is 0 Å². The molecule has 1 N–H and O–H groups in total. The van der Waals surface area contributed by atoms with Crippen LogP contribution in [0.15, 0.2) is 48.5 Å². The number of nitrogens with one attached hydrogen (secondary N) is 1. The standard InChI is InChI=1S/C22H21F2N3O3S/c1-4-27(3)20(29)16-7-5-6-15(12-16)19(28)26-22-25-18(13(2)31-22)14-8-10-17(11-9-14)30-21(23)24/h5-12,21H,4H2,1-3H3,(H,25,26,28). The van der Waals surface area contributed by atoms with Gasteiger partial charge >= 0.3 is 6.61 Å². The Labute approximate surface area is 182 Å². The highest BCUT2D eigenvalue weighted by Gasteiger charge is 2.16. The van der Waals surface area contributed by atoms with Crippen LogP contribution >= 0.6 is 11.3 Å². The molecule has 6 nitrogen and oxygen atoms in total. The number of nitrogens with zero attached hydrogens (tertiary/aromatic N) is 2. The molecule has 0 bridgehead atoms. The monoisotopic (exact) mass is 445 g/mol. The van der Waals surface area contributed by atoms with E-state index >= 15 is 0 Å². The summed E-state index contributed by atoms with van der Waals surface area (Å²) >= 11 is 1.30. The minimum Gasteiger partial charge on any atom is -0.435 e. The van der Waals surface area contributed by atoms with Gasteiger partial charge in [-0.25, -0.2) is 4.98 Å². The Morgan fingerprint density at radius 3 is 2.48 bits per heavy atom. The molecule has 0 aliphatic carbocycles. The fourth-order valence-electron chi connectivity index (χ4n) is 2.84. The van der Waals surface area contributed by atoms with Crippen LogP contribution in [0.3, 0.4) is 0 Å². The lowest BCUT2D eigenvalue weighted by Gasteiger charge is -2.14. The van der Waals surface area contributed by atoms with Crippen LogP contribution in [0, 0.1) is 6.92 Å². The number of halogens is 2. The van der Waals surface area contributed by atoms with Gasteiger partial charge in [-0.05, 0) is 56.3 Å². The molecule has 2 amide bonds. The van der Waals surface area contributed by atoms with Crippen molar-refractivity contribution in [2.45, 2.75) is 20.5 Å². The topological polar surface area (TPSA) is 71.5 Å². The van der Waals surface area contributed by atoms with Crippen LogP contribution in [0.4, 0.5) is 13.9 Å². The van der Waals surface area contributed by atoms with Crippen molar-refractivity contribution in [3.8, 4) is 17.0 Å². The molecule has 0 saturated carbocycles. The number of hydrogen-bond donors (Lipinski definition) is 1. The predicted octanol–water partition coefficient (Wildman–Crippen LogP) is 5.06. The number of carbonyl (C=O) groups excluding carboxylic acids is 2. The van der Waals surface area contributed by atoms with Crippen LogP contribution in [-0.4, -0.2) is 41.9 Å². The van der Waals surface area contributed by atoms with Crippen LogP contribution < -0.4 is 10.1 Å². The van der Waals surface area contributed by atoms with Gasteiger partial charge in [0.05, 0.1) is 5.69 Å². The Morgan fingerprint density at radius 1 is 1.16 bits per heavy atom. The predicted molar refractivity (Wildman–Crippen MR) is 116 cm³/mol. The summed E-state index contributed by atoms with van der Waals surface area (Å²) in [5, 5.41) is 3.15. The fraction of sp³-hybridized carbons (Fsp3) is 0.227. The molecule has 0 aliphatic rings. The molecule has 1 aromatic heterocycles. The number of carbonyl (C=O) groups is 2. The maximum absolute atomic E-state index is 12.7. The molecule has 0 atom stereocenters. The highest BCUT2D eigenvalue weighted by Crippen LogP contribution is 2.31. The van der Waals surface area contributed by atoms with E-state index in [4.69, 9.17) is 0 Å². The number of ether oxygens (including phenoxy) is 1. The van der Waals surface area contributed by atoms with Gasteiger partial charge < -0.3 is 9.64 Å². The lowest BCUT2D eigenvalue weighted by atomic mass is 10.1. The van der Waals surface area contributed by atoms with Crippen LogP contribution in [0.25, 0.3) is 11.3 Å². The van der Waals surface area contributed by atoms with E-state index in [1.54, 1.807) is 48.3 Å². The zero-order valence-corrected chi connectivity index (χ0v) is 18.0. The zero-order valence-electron chi connectivity index (χ0n) is 17.2. The fourth-order valence-corrected chi connectivity index (χ4v) is 3.67. The van der Waals surface area contributed by atoms with Gasteiger partial charge in [0.25, 0.3) is 11.8 Å². The molecular formula is C22H21F2N3O3S. The lowest BCUT2D eigenvalue weighted by molar-refractivity contribution is -0.0498. The van der Waals surface area contributed by atoms with Gasteiger partial charge in [-0.3, -0.25) is 14.9 Å². The van der Waals surface area contributed by atoms with Crippen molar-refractivity contribution >= 4 is 28.3 Å². The first-order chi connectivity index (χ1) is 14.8. The highest BCUT2D eigenvalue weighted by molar-refractivity contribution is 7.16. The summed E-state index contributed by atoms with van der Waals surface area (Å²) in [6.07, 6.45) is 0. The minimum atomic E-state index is -2.88. The number of aryl methyl sites for hydroxylation is 1. The van der Waals surface area contributed by atoms with Crippen LogP contribution in [0.2, 0.25) is 0 Å². The van der Waals surface area contributed by atoms with Crippen LogP contribution in [0.5, 0.6) is 5.75 Å². The van der Waals surface area contributed by atoms with Gasteiger partial charge in [-0.1, -0.05) is 6.07 Å². The number of amides is 2. The first kappa shape index (κ1) is 22.4. The third-order valence-corrected chi connectivity index (χ3v) is 5.45. The molecule has 2 aromatic carbocycles. The number of hydrogen-bond acceptors (Lipinski definition) is 5.